The minimum Gasteiger partial charge on any atom is -0.308 e. The molecule has 104 valence electrons. The van der Waals surface area contributed by atoms with Crippen LogP contribution in [0.3, 0.4) is 0 Å². The highest BCUT2D eigenvalue weighted by Crippen LogP contribution is 2.29. The van der Waals surface area contributed by atoms with E-state index in [2.05, 4.69) is 11.4 Å². The highest BCUT2D eigenvalue weighted by atomic mass is 35.5. The summed E-state index contributed by atoms with van der Waals surface area (Å²) in [6.45, 7) is 7.59. The van der Waals surface area contributed by atoms with Gasteiger partial charge >= 0.3 is 0 Å². The van der Waals surface area contributed by atoms with Gasteiger partial charge in [0.1, 0.15) is 5.78 Å². The lowest BCUT2D eigenvalue weighted by Crippen LogP contribution is -2.46. The van der Waals surface area contributed by atoms with Crippen molar-refractivity contribution >= 4 is 23.0 Å². The topological polar surface area (TPSA) is 29.1 Å². The van der Waals surface area contributed by atoms with E-state index in [4.69, 9.17) is 11.6 Å². The Balaban J connectivity index is 3.13. The normalized spacial score (nSPS) is 15.2. The van der Waals surface area contributed by atoms with Gasteiger partial charge in [0.05, 0.1) is 5.54 Å². The van der Waals surface area contributed by atoms with Gasteiger partial charge in [0.25, 0.3) is 0 Å². The Kier molecular flexibility index (Phi) is 5.33. The molecule has 0 bridgehead atoms. The fourth-order valence-corrected chi connectivity index (χ4v) is 2.34. The van der Waals surface area contributed by atoms with Gasteiger partial charge in [-0.05, 0) is 70.0 Å². The zero-order valence-electron chi connectivity index (χ0n) is 12.3. The maximum Gasteiger partial charge on any atom is 0.149 e. The van der Waals surface area contributed by atoms with Gasteiger partial charge in [-0.25, -0.2) is 0 Å². The monoisotopic (exact) mass is 279 g/mol. The van der Waals surface area contributed by atoms with Crippen molar-refractivity contribution in [3.63, 3.8) is 0 Å². The van der Waals surface area contributed by atoms with E-state index >= 15 is 0 Å². The van der Waals surface area contributed by atoms with Gasteiger partial charge in [-0.2, -0.15) is 0 Å². The van der Waals surface area contributed by atoms with Crippen LogP contribution in [0.4, 0.5) is 0 Å². The van der Waals surface area contributed by atoms with Crippen molar-refractivity contribution in [1.29, 1.82) is 0 Å². The molecule has 0 heterocycles. The van der Waals surface area contributed by atoms with Crippen molar-refractivity contribution in [2.75, 3.05) is 7.05 Å². The van der Waals surface area contributed by atoms with Crippen LogP contribution in [-0.2, 0) is 4.79 Å². The molecule has 1 atom stereocenters. The van der Waals surface area contributed by atoms with Crippen LogP contribution in [0.1, 0.15) is 38.3 Å². The molecule has 1 aromatic rings. The Labute approximate surface area is 120 Å². The van der Waals surface area contributed by atoms with E-state index in [-0.39, 0.29) is 5.78 Å². The standard InChI is InChI=1S/C16H22ClNO/c1-6-13(10-16(4,18-5)12(3)19)15-8-7-14(17)9-11(15)2/h6-9,18H,10H2,1-5H3/b13-6-/t16-/m0/s1. The molecule has 1 aromatic carbocycles. The largest absolute Gasteiger partial charge is 0.308 e. The molecule has 1 rings (SSSR count). The van der Waals surface area contributed by atoms with Crippen LogP contribution in [0.15, 0.2) is 24.3 Å². The van der Waals surface area contributed by atoms with Gasteiger partial charge in [-0.3, -0.25) is 4.79 Å². The smallest absolute Gasteiger partial charge is 0.149 e. The van der Waals surface area contributed by atoms with Gasteiger partial charge in [0, 0.05) is 5.02 Å². The molecule has 0 spiro atoms. The average Bonchev–Trinajstić information content (AvgIpc) is 2.36. The van der Waals surface area contributed by atoms with Crippen LogP contribution in [0, 0.1) is 6.92 Å². The Morgan fingerprint density at radius 1 is 1.47 bits per heavy atom. The number of carbonyl (C=O) groups is 1. The van der Waals surface area contributed by atoms with E-state index in [1.807, 2.05) is 46.0 Å². The van der Waals surface area contributed by atoms with Crippen LogP contribution in [0.2, 0.25) is 5.02 Å². The fraction of sp³-hybridized carbons (Fsp3) is 0.438. The number of carbonyl (C=O) groups excluding carboxylic acids is 1. The number of halogens is 1. The molecule has 0 aliphatic rings. The van der Waals surface area contributed by atoms with Crippen molar-refractivity contribution in [3.05, 3.63) is 40.4 Å². The minimum atomic E-state index is -0.534. The van der Waals surface area contributed by atoms with Crippen molar-refractivity contribution in [1.82, 2.24) is 5.32 Å². The predicted octanol–water partition coefficient (Wildman–Crippen LogP) is 4.01. The number of allylic oxidation sites excluding steroid dienone is 1. The second-order valence-corrected chi connectivity index (χ2v) is 5.52. The third-order valence-electron chi connectivity index (χ3n) is 3.76. The minimum absolute atomic E-state index is 0.140. The summed E-state index contributed by atoms with van der Waals surface area (Å²) in [7, 11) is 1.82. The Morgan fingerprint density at radius 3 is 2.53 bits per heavy atom. The third kappa shape index (κ3) is 3.68. The molecule has 0 radical (unpaired) electrons. The average molecular weight is 280 g/mol. The summed E-state index contributed by atoms with van der Waals surface area (Å²) >= 11 is 5.99. The molecule has 0 amide bonds. The lowest BCUT2D eigenvalue weighted by atomic mass is 9.85. The first kappa shape index (κ1) is 15.9. The molecule has 19 heavy (non-hydrogen) atoms. The summed E-state index contributed by atoms with van der Waals surface area (Å²) in [6.07, 6.45) is 2.73. The zero-order valence-corrected chi connectivity index (χ0v) is 13.1. The first-order valence-electron chi connectivity index (χ1n) is 6.45. The molecular weight excluding hydrogens is 258 g/mol. The molecule has 0 fully saturated rings. The van der Waals surface area contributed by atoms with Crippen molar-refractivity contribution in [2.24, 2.45) is 0 Å². The molecule has 0 saturated carbocycles. The fourth-order valence-electron chi connectivity index (χ4n) is 2.11. The molecule has 0 aliphatic carbocycles. The van der Waals surface area contributed by atoms with Crippen LogP contribution in [0.25, 0.3) is 5.57 Å². The number of nitrogens with one attached hydrogen (secondary N) is 1. The van der Waals surface area contributed by atoms with E-state index in [0.29, 0.717) is 6.42 Å². The second-order valence-electron chi connectivity index (χ2n) is 5.09. The first-order chi connectivity index (χ1) is 8.84. The molecule has 0 saturated heterocycles. The van der Waals surface area contributed by atoms with Crippen LogP contribution in [-0.4, -0.2) is 18.4 Å². The maximum absolute atomic E-state index is 11.8. The summed E-state index contributed by atoms with van der Waals surface area (Å²) in [5.41, 5.74) is 2.90. The van der Waals surface area contributed by atoms with E-state index < -0.39 is 5.54 Å². The van der Waals surface area contributed by atoms with E-state index in [9.17, 15) is 4.79 Å². The van der Waals surface area contributed by atoms with E-state index in [1.165, 1.54) is 0 Å². The van der Waals surface area contributed by atoms with Crippen LogP contribution in [0.5, 0.6) is 0 Å². The van der Waals surface area contributed by atoms with Crippen molar-refractivity contribution < 1.29 is 4.79 Å². The summed E-state index contributed by atoms with van der Waals surface area (Å²) in [5, 5.41) is 3.86. The molecule has 0 aromatic heterocycles. The molecule has 3 heteroatoms. The Morgan fingerprint density at radius 2 is 2.11 bits per heavy atom. The van der Waals surface area contributed by atoms with Crippen LogP contribution >= 0.6 is 11.6 Å². The van der Waals surface area contributed by atoms with Gasteiger partial charge in [0.2, 0.25) is 0 Å². The van der Waals surface area contributed by atoms with Crippen molar-refractivity contribution in [3.8, 4) is 0 Å². The van der Waals surface area contributed by atoms with Gasteiger partial charge in [0.15, 0.2) is 0 Å². The highest BCUT2D eigenvalue weighted by molar-refractivity contribution is 6.30. The van der Waals surface area contributed by atoms with Crippen molar-refractivity contribution in [2.45, 2.75) is 39.7 Å². The molecule has 1 N–H and O–H groups in total. The quantitative estimate of drug-likeness (QED) is 0.882. The maximum atomic E-state index is 11.8. The van der Waals surface area contributed by atoms with E-state index in [1.54, 1.807) is 6.92 Å². The summed E-state index contributed by atoms with van der Waals surface area (Å²) in [4.78, 5) is 11.8. The first-order valence-corrected chi connectivity index (χ1v) is 6.83. The van der Waals surface area contributed by atoms with E-state index in [0.717, 1.165) is 21.7 Å². The molecular formula is C16H22ClNO. The SMILES string of the molecule is C/C=C(/C[C@](C)(NC)C(C)=O)c1ccc(Cl)cc1C. The number of hydrogen-bond acceptors (Lipinski definition) is 2. The van der Waals surface area contributed by atoms with Gasteiger partial charge in [-0.1, -0.05) is 23.7 Å². The number of benzene rings is 1. The third-order valence-corrected chi connectivity index (χ3v) is 3.99. The highest BCUT2D eigenvalue weighted by Gasteiger charge is 2.29. The van der Waals surface area contributed by atoms with Crippen LogP contribution < -0.4 is 5.32 Å². The number of ketones is 1. The van der Waals surface area contributed by atoms with Gasteiger partial charge in [-0.15, -0.1) is 0 Å². The molecule has 0 unspecified atom stereocenters. The lowest BCUT2D eigenvalue weighted by molar-refractivity contribution is -0.122. The summed E-state index contributed by atoms with van der Waals surface area (Å²) in [5.74, 6) is 0.140. The summed E-state index contributed by atoms with van der Waals surface area (Å²) < 4.78 is 0. The molecule has 0 aliphatic heterocycles. The molecule has 2 nitrogen and oxygen atoms in total. The number of hydrogen-bond donors (Lipinski definition) is 1. The second kappa shape index (κ2) is 6.36. The zero-order chi connectivity index (χ0) is 14.6. The Hall–Kier alpha value is -1.12. The summed E-state index contributed by atoms with van der Waals surface area (Å²) in [6, 6.07) is 5.85. The predicted molar refractivity (Wildman–Crippen MR) is 82.6 cm³/mol. The number of rotatable bonds is 5. The Bertz CT molecular complexity index is 507. The number of likely N-dealkylation sites (N-methyl/N-ethyl adjacent to an activating group) is 1. The number of Topliss-reactive ketones (excluding diaryl/α,β-unsaturated/α-hetero) is 1. The van der Waals surface area contributed by atoms with Gasteiger partial charge < -0.3 is 5.32 Å². The number of aryl methyl sites for hydroxylation is 1. The lowest BCUT2D eigenvalue weighted by Gasteiger charge is -2.28.